The Kier molecular flexibility index (Phi) is 4.51. The summed E-state index contributed by atoms with van der Waals surface area (Å²) in [4.78, 5) is 22.8. The molecule has 0 fully saturated rings. The fourth-order valence-electron chi connectivity index (χ4n) is 1.18. The fraction of sp³-hybridized carbons (Fsp3) is 0.333. The lowest BCUT2D eigenvalue weighted by atomic mass is 10.2. The average Bonchev–Trinajstić information content (AvgIpc) is 2.29. The van der Waals surface area contributed by atoms with Gasteiger partial charge in [0.2, 0.25) is 0 Å². The third-order valence-electron chi connectivity index (χ3n) is 2.03. The predicted molar refractivity (Wildman–Crippen MR) is 59.6 cm³/mol. The Morgan fingerprint density at radius 3 is 2.59 bits per heavy atom. The molecule has 1 N–H and O–H groups in total. The van der Waals surface area contributed by atoms with Crippen molar-refractivity contribution in [2.45, 2.75) is 20.0 Å². The van der Waals surface area contributed by atoms with Crippen LogP contribution in [0, 0.1) is 0 Å². The summed E-state index contributed by atoms with van der Waals surface area (Å²) in [6.07, 6.45) is -0.998. The van der Waals surface area contributed by atoms with Gasteiger partial charge in [0, 0.05) is 0 Å². The van der Waals surface area contributed by atoms with Gasteiger partial charge in [0.25, 0.3) is 0 Å². The second-order valence-corrected chi connectivity index (χ2v) is 3.32. The minimum absolute atomic E-state index is 0.0173. The SMILES string of the molecule is CCOC(=O)C(C)OC(=O)c1ccccc1O. The zero-order valence-corrected chi connectivity index (χ0v) is 9.67. The molecule has 1 rings (SSSR count). The van der Waals surface area contributed by atoms with Crippen molar-refractivity contribution in [3.8, 4) is 5.75 Å². The van der Waals surface area contributed by atoms with Gasteiger partial charge in [-0.1, -0.05) is 12.1 Å². The maximum absolute atomic E-state index is 11.6. The van der Waals surface area contributed by atoms with Gasteiger partial charge in [0.05, 0.1) is 6.61 Å². The molecular weight excluding hydrogens is 224 g/mol. The summed E-state index contributed by atoms with van der Waals surface area (Å²) in [7, 11) is 0. The normalized spacial score (nSPS) is 11.6. The van der Waals surface area contributed by atoms with E-state index in [9.17, 15) is 14.7 Å². The van der Waals surface area contributed by atoms with Gasteiger partial charge in [-0.25, -0.2) is 9.59 Å². The Labute approximate surface area is 99.0 Å². The van der Waals surface area contributed by atoms with Crippen LogP contribution in [0.1, 0.15) is 24.2 Å². The number of ether oxygens (including phenoxy) is 2. The molecular formula is C12H14O5. The van der Waals surface area contributed by atoms with Crippen LogP contribution >= 0.6 is 0 Å². The number of carbonyl (C=O) groups excluding carboxylic acids is 2. The quantitative estimate of drug-likeness (QED) is 0.805. The first-order valence-electron chi connectivity index (χ1n) is 5.21. The second kappa shape index (κ2) is 5.89. The topological polar surface area (TPSA) is 72.8 Å². The molecule has 1 aromatic carbocycles. The monoisotopic (exact) mass is 238 g/mol. The fourth-order valence-corrected chi connectivity index (χ4v) is 1.18. The zero-order valence-electron chi connectivity index (χ0n) is 9.67. The van der Waals surface area contributed by atoms with E-state index in [-0.39, 0.29) is 17.9 Å². The lowest BCUT2D eigenvalue weighted by Crippen LogP contribution is -2.26. The third kappa shape index (κ3) is 3.48. The van der Waals surface area contributed by atoms with Crippen molar-refractivity contribution in [3.63, 3.8) is 0 Å². The van der Waals surface area contributed by atoms with Crippen molar-refractivity contribution in [2.24, 2.45) is 0 Å². The van der Waals surface area contributed by atoms with Gasteiger partial charge in [-0.3, -0.25) is 0 Å². The number of esters is 2. The molecule has 0 aliphatic rings. The highest BCUT2D eigenvalue weighted by molar-refractivity contribution is 5.93. The molecule has 0 aromatic heterocycles. The van der Waals surface area contributed by atoms with E-state index < -0.39 is 18.0 Å². The summed E-state index contributed by atoms with van der Waals surface area (Å²) in [6.45, 7) is 3.29. The Balaban J connectivity index is 2.67. The molecule has 0 bridgehead atoms. The van der Waals surface area contributed by atoms with Gasteiger partial charge in [-0.15, -0.1) is 0 Å². The predicted octanol–water partition coefficient (Wildman–Crippen LogP) is 1.50. The van der Waals surface area contributed by atoms with Gasteiger partial charge >= 0.3 is 11.9 Å². The van der Waals surface area contributed by atoms with Crippen LogP contribution in [-0.2, 0) is 14.3 Å². The highest BCUT2D eigenvalue weighted by Crippen LogP contribution is 2.17. The van der Waals surface area contributed by atoms with Crippen LogP contribution in [0.5, 0.6) is 5.75 Å². The van der Waals surface area contributed by atoms with E-state index >= 15 is 0 Å². The number of carbonyl (C=O) groups is 2. The van der Waals surface area contributed by atoms with Crippen molar-refractivity contribution in [1.82, 2.24) is 0 Å². The summed E-state index contributed by atoms with van der Waals surface area (Å²) in [5, 5.41) is 9.42. The van der Waals surface area contributed by atoms with Crippen LogP contribution in [0.3, 0.4) is 0 Å². The first kappa shape index (κ1) is 13.0. The molecule has 1 atom stereocenters. The van der Waals surface area contributed by atoms with Gasteiger partial charge in [-0.2, -0.15) is 0 Å². The summed E-state index contributed by atoms with van der Waals surface area (Å²) in [6, 6.07) is 5.95. The Bertz CT molecular complexity index is 413. The number of phenolic OH excluding ortho intramolecular Hbond substituents is 1. The number of phenols is 1. The molecule has 5 heteroatoms. The molecule has 0 amide bonds. The van der Waals surface area contributed by atoms with E-state index in [2.05, 4.69) is 0 Å². The summed E-state index contributed by atoms with van der Waals surface area (Å²) in [5.74, 6) is -1.56. The molecule has 1 aromatic rings. The highest BCUT2D eigenvalue weighted by atomic mass is 16.6. The van der Waals surface area contributed by atoms with Gasteiger partial charge in [-0.05, 0) is 26.0 Å². The zero-order chi connectivity index (χ0) is 12.8. The smallest absolute Gasteiger partial charge is 0.347 e. The minimum Gasteiger partial charge on any atom is -0.507 e. The number of hydrogen-bond acceptors (Lipinski definition) is 5. The molecule has 5 nitrogen and oxygen atoms in total. The van der Waals surface area contributed by atoms with Crippen molar-refractivity contribution in [3.05, 3.63) is 29.8 Å². The maximum Gasteiger partial charge on any atom is 0.347 e. The minimum atomic E-state index is -0.998. The van der Waals surface area contributed by atoms with Crippen LogP contribution in [0.15, 0.2) is 24.3 Å². The molecule has 1 unspecified atom stereocenters. The number of para-hydroxylation sites is 1. The van der Waals surface area contributed by atoms with Crippen LogP contribution in [0.4, 0.5) is 0 Å². The van der Waals surface area contributed by atoms with Crippen molar-refractivity contribution >= 4 is 11.9 Å². The molecule has 92 valence electrons. The van der Waals surface area contributed by atoms with E-state index in [4.69, 9.17) is 9.47 Å². The lowest BCUT2D eigenvalue weighted by molar-refractivity contribution is -0.152. The maximum atomic E-state index is 11.6. The van der Waals surface area contributed by atoms with Crippen LogP contribution < -0.4 is 0 Å². The van der Waals surface area contributed by atoms with E-state index in [0.29, 0.717) is 0 Å². The summed E-state index contributed by atoms with van der Waals surface area (Å²) < 4.78 is 9.55. The largest absolute Gasteiger partial charge is 0.507 e. The highest BCUT2D eigenvalue weighted by Gasteiger charge is 2.21. The number of rotatable bonds is 4. The van der Waals surface area contributed by atoms with E-state index in [1.807, 2.05) is 0 Å². The van der Waals surface area contributed by atoms with Crippen molar-refractivity contribution in [2.75, 3.05) is 6.61 Å². The second-order valence-electron chi connectivity index (χ2n) is 3.32. The molecule has 0 aliphatic heterocycles. The van der Waals surface area contributed by atoms with Crippen LogP contribution in [-0.4, -0.2) is 29.8 Å². The van der Waals surface area contributed by atoms with Crippen molar-refractivity contribution < 1.29 is 24.2 Å². The Morgan fingerprint density at radius 1 is 1.35 bits per heavy atom. The van der Waals surface area contributed by atoms with Crippen molar-refractivity contribution in [1.29, 1.82) is 0 Å². The first-order chi connectivity index (χ1) is 8.06. The molecule has 0 spiro atoms. The molecule has 17 heavy (non-hydrogen) atoms. The molecule has 0 heterocycles. The average molecular weight is 238 g/mol. The standard InChI is InChI=1S/C12H14O5/c1-3-16-11(14)8(2)17-12(15)9-6-4-5-7-10(9)13/h4-8,13H,3H2,1-2H3. The first-order valence-corrected chi connectivity index (χ1v) is 5.21. The number of benzene rings is 1. The molecule has 0 saturated carbocycles. The van der Waals surface area contributed by atoms with E-state index in [0.717, 1.165) is 0 Å². The summed E-state index contributed by atoms with van der Waals surface area (Å²) in [5.41, 5.74) is 0.0173. The van der Waals surface area contributed by atoms with Gasteiger partial charge in [0.15, 0.2) is 6.10 Å². The molecule has 0 radical (unpaired) electrons. The molecule has 0 aliphatic carbocycles. The van der Waals surface area contributed by atoms with E-state index in [1.165, 1.54) is 19.1 Å². The summed E-state index contributed by atoms with van der Waals surface area (Å²) >= 11 is 0. The lowest BCUT2D eigenvalue weighted by Gasteiger charge is -2.12. The van der Waals surface area contributed by atoms with Gasteiger partial charge < -0.3 is 14.6 Å². The van der Waals surface area contributed by atoms with Crippen LogP contribution in [0.2, 0.25) is 0 Å². The number of aromatic hydroxyl groups is 1. The van der Waals surface area contributed by atoms with E-state index in [1.54, 1.807) is 19.1 Å². The Morgan fingerprint density at radius 2 is 2.00 bits per heavy atom. The van der Waals surface area contributed by atoms with Gasteiger partial charge in [0.1, 0.15) is 11.3 Å². The van der Waals surface area contributed by atoms with Crippen LogP contribution in [0.25, 0.3) is 0 Å². The third-order valence-corrected chi connectivity index (χ3v) is 2.03. The number of hydrogen-bond donors (Lipinski definition) is 1. The molecule has 0 saturated heterocycles. The Hall–Kier alpha value is -2.04.